The van der Waals surface area contributed by atoms with Gasteiger partial charge in [-0.2, -0.15) is 4.68 Å². The molecule has 31 heavy (non-hydrogen) atoms. The maximum Gasteiger partial charge on any atom is 0.355 e. The molecule has 1 N–H and O–H groups in total. The van der Waals surface area contributed by atoms with Crippen molar-refractivity contribution >= 4 is 23.4 Å². The summed E-state index contributed by atoms with van der Waals surface area (Å²) in [7, 11) is 1.13. The molecular weight excluding hydrogens is 411 g/mol. The van der Waals surface area contributed by atoms with E-state index in [0.717, 1.165) is 19.2 Å². The van der Waals surface area contributed by atoms with Crippen molar-refractivity contribution in [1.29, 1.82) is 0 Å². The summed E-state index contributed by atoms with van der Waals surface area (Å²) in [4.78, 5) is 36.3. The van der Waals surface area contributed by atoms with Crippen LogP contribution in [0, 0.1) is 15.9 Å². The molecule has 3 aromatic rings. The minimum Gasteiger partial charge on any atom is -0.464 e. The van der Waals surface area contributed by atoms with Crippen LogP contribution in [0.5, 0.6) is 0 Å². The Morgan fingerprint density at radius 3 is 2.55 bits per heavy atom. The van der Waals surface area contributed by atoms with E-state index < -0.39 is 28.5 Å². The molecule has 0 bridgehead atoms. The van der Waals surface area contributed by atoms with Gasteiger partial charge in [0.2, 0.25) is 5.95 Å². The van der Waals surface area contributed by atoms with Crippen molar-refractivity contribution in [2.75, 3.05) is 12.4 Å². The van der Waals surface area contributed by atoms with E-state index in [1.165, 1.54) is 35.0 Å². The summed E-state index contributed by atoms with van der Waals surface area (Å²) in [5.74, 6) is -2.21. The molecule has 0 radical (unpaired) electrons. The molecule has 156 valence electrons. The second-order valence-corrected chi connectivity index (χ2v) is 6.41. The number of ether oxygens (including phenoxy) is 1. The van der Waals surface area contributed by atoms with Crippen molar-refractivity contribution in [3.8, 4) is 0 Å². The van der Waals surface area contributed by atoms with E-state index in [1.807, 2.05) is 0 Å². The van der Waals surface area contributed by atoms with E-state index in [9.17, 15) is 24.1 Å². The molecule has 0 aliphatic carbocycles. The standard InChI is InChI=1S/C19H13FN6O5/c1-31-18(28)15-14(17(27)10-6-8-11(9-7-10)26(29)30)16(12-4-2-3-5-13(12)20)25-19(21-15)22-23-24-25/h2-9,16H,1H3,(H,21,22,24)/t16-/m0/s1. The second-order valence-electron chi connectivity index (χ2n) is 6.41. The summed E-state index contributed by atoms with van der Waals surface area (Å²) in [6.07, 6.45) is 0. The smallest absolute Gasteiger partial charge is 0.355 e. The predicted octanol–water partition coefficient (Wildman–Crippen LogP) is 2.05. The Morgan fingerprint density at radius 2 is 1.90 bits per heavy atom. The van der Waals surface area contributed by atoms with Gasteiger partial charge in [0.25, 0.3) is 5.69 Å². The number of esters is 1. The Kier molecular flexibility index (Phi) is 4.95. The number of benzene rings is 2. The summed E-state index contributed by atoms with van der Waals surface area (Å²) in [6, 6.07) is 9.29. The largest absolute Gasteiger partial charge is 0.464 e. The summed E-state index contributed by atoms with van der Waals surface area (Å²) in [5.41, 5.74) is -0.563. The van der Waals surface area contributed by atoms with E-state index >= 15 is 0 Å². The first kappa shape index (κ1) is 19.8. The summed E-state index contributed by atoms with van der Waals surface area (Å²) in [5, 5.41) is 24.7. The number of nitrogens with zero attached hydrogens (tertiary/aromatic N) is 5. The lowest BCUT2D eigenvalue weighted by molar-refractivity contribution is -0.384. The molecule has 2 heterocycles. The SMILES string of the molecule is COC(=O)C1=C(C(=O)c2ccc([N+](=O)[O-])cc2)[C@H](c2ccccc2F)n2nnnc2N1. The van der Waals surface area contributed by atoms with Crippen molar-refractivity contribution in [2.24, 2.45) is 0 Å². The fourth-order valence-corrected chi connectivity index (χ4v) is 3.26. The molecule has 0 saturated heterocycles. The number of carbonyl (C=O) groups is 2. The average molecular weight is 424 g/mol. The van der Waals surface area contributed by atoms with Crippen LogP contribution in [0.4, 0.5) is 16.0 Å². The number of ketones is 1. The Morgan fingerprint density at radius 1 is 1.19 bits per heavy atom. The van der Waals surface area contributed by atoms with Gasteiger partial charge < -0.3 is 10.1 Å². The average Bonchev–Trinajstić information content (AvgIpc) is 3.26. The number of Topliss-reactive ketones (excluding diaryl/α,β-unsaturated/α-hetero) is 1. The van der Waals surface area contributed by atoms with E-state index in [1.54, 1.807) is 6.07 Å². The lowest BCUT2D eigenvalue weighted by atomic mass is 9.89. The number of halogens is 1. The van der Waals surface area contributed by atoms with Crippen LogP contribution in [-0.2, 0) is 9.53 Å². The minimum absolute atomic E-state index is 0.00824. The molecule has 11 nitrogen and oxygen atoms in total. The van der Waals surface area contributed by atoms with Crippen LogP contribution < -0.4 is 5.32 Å². The van der Waals surface area contributed by atoms with Crippen molar-refractivity contribution in [1.82, 2.24) is 20.2 Å². The van der Waals surface area contributed by atoms with Gasteiger partial charge in [0.15, 0.2) is 5.78 Å². The van der Waals surface area contributed by atoms with Gasteiger partial charge in [0.1, 0.15) is 17.6 Å². The number of nitro groups is 1. The number of nitro benzene ring substituents is 1. The Bertz CT molecular complexity index is 1240. The van der Waals surface area contributed by atoms with Gasteiger partial charge in [-0.25, -0.2) is 9.18 Å². The maximum absolute atomic E-state index is 14.7. The zero-order valence-corrected chi connectivity index (χ0v) is 15.9. The van der Waals surface area contributed by atoms with Gasteiger partial charge >= 0.3 is 5.97 Å². The number of carbonyl (C=O) groups excluding carboxylic acids is 2. The van der Waals surface area contributed by atoms with Crippen LogP contribution in [0.3, 0.4) is 0 Å². The number of non-ortho nitro benzene ring substituents is 1. The lowest BCUT2D eigenvalue weighted by Crippen LogP contribution is -2.33. The van der Waals surface area contributed by atoms with E-state index in [2.05, 4.69) is 20.8 Å². The van der Waals surface area contributed by atoms with E-state index in [-0.39, 0.29) is 34.0 Å². The van der Waals surface area contributed by atoms with E-state index in [0.29, 0.717) is 0 Å². The van der Waals surface area contributed by atoms with Crippen LogP contribution in [0.2, 0.25) is 0 Å². The number of hydrogen-bond acceptors (Lipinski definition) is 9. The molecule has 1 aliphatic heterocycles. The quantitative estimate of drug-likeness (QED) is 0.282. The number of methoxy groups -OCH3 is 1. The first-order valence-electron chi connectivity index (χ1n) is 8.83. The van der Waals surface area contributed by atoms with Crippen molar-refractivity contribution in [3.63, 3.8) is 0 Å². The van der Waals surface area contributed by atoms with Gasteiger partial charge in [-0.1, -0.05) is 23.3 Å². The van der Waals surface area contributed by atoms with Gasteiger partial charge in [-0.3, -0.25) is 14.9 Å². The fraction of sp³-hybridized carbons (Fsp3) is 0.105. The Labute approximate surface area is 173 Å². The number of rotatable bonds is 5. The first-order chi connectivity index (χ1) is 14.9. The Balaban J connectivity index is 1.93. The number of nitrogens with one attached hydrogen (secondary N) is 1. The predicted molar refractivity (Wildman–Crippen MR) is 102 cm³/mol. The molecule has 12 heteroatoms. The van der Waals surface area contributed by atoms with Crippen molar-refractivity contribution in [2.45, 2.75) is 6.04 Å². The van der Waals surface area contributed by atoms with Crippen LogP contribution in [0.1, 0.15) is 22.0 Å². The number of hydrogen-bond donors (Lipinski definition) is 1. The Hall–Kier alpha value is -4.48. The number of allylic oxidation sites excluding steroid dienone is 1. The monoisotopic (exact) mass is 424 g/mol. The molecule has 0 spiro atoms. The van der Waals surface area contributed by atoms with Crippen molar-refractivity contribution in [3.05, 3.63) is 86.9 Å². The zero-order chi connectivity index (χ0) is 22.1. The summed E-state index contributed by atoms with van der Waals surface area (Å²) >= 11 is 0. The third kappa shape index (κ3) is 3.39. The molecule has 0 fully saturated rings. The van der Waals surface area contributed by atoms with E-state index in [4.69, 9.17) is 4.74 Å². The topological polar surface area (TPSA) is 142 Å². The maximum atomic E-state index is 14.7. The number of anilines is 1. The molecule has 0 unspecified atom stereocenters. The molecule has 4 rings (SSSR count). The minimum atomic E-state index is -1.19. The molecule has 0 amide bonds. The van der Waals surface area contributed by atoms with Crippen LogP contribution >= 0.6 is 0 Å². The summed E-state index contributed by atoms with van der Waals surface area (Å²) in [6.45, 7) is 0. The molecule has 1 atom stereocenters. The highest BCUT2D eigenvalue weighted by Gasteiger charge is 2.39. The van der Waals surface area contributed by atoms with Gasteiger partial charge in [0.05, 0.1) is 17.6 Å². The fourth-order valence-electron chi connectivity index (χ4n) is 3.26. The highest BCUT2D eigenvalue weighted by molar-refractivity contribution is 6.15. The zero-order valence-electron chi connectivity index (χ0n) is 15.9. The molecule has 1 aromatic heterocycles. The highest BCUT2D eigenvalue weighted by atomic mass is 19.1. The van der Waals surface area contributed by atoms with Crippen molar-refractivity contribution < 1.29 is 23.6 Å². The molecular formula is C19H13FN6O5. The normalized spacial score (nSPS) is 15.1. The second kappa shape index (κ2) is 7.74. The van der Waals surface area contributed by atoms with Gasteiger partial charge in [-0.15, -0.1) is 0 Å². The van der Waals surface area contributed by atoms with Gasteiger partial charge in [0, 0.05) is 23.3 Å². The van der Waals surface area contributed by atoms with Crippen LogP contribution in [0.15, 0.2) is 59.8 Å². The highest BCUT2D eigenvalue weighted by Crippen LogP contribution is 2.37. The molecule has 2 aromatic carbocycles. The number of aromatic nitrogens is 4. The summed E-state index contributed by atoms with van der Waals surface area (Å²) < 4.78 is 20.7. The molecule has 0 saturated carbocycles. The van der Waals surface area contributed by atoms with Crippen LogP contribution in [0.25, 0.3) is 0 Å². The lowest BCUT2D eigenvalue weighted by Gasteiger charge is -2.28. The molecule has 1 aliphatic rings. The van der Waals surface area contributed by atoms with Crippen LogP contribution in [-0.4, -0.2) is 44.0 Å². The third-order valence-electron chi connectivity index (χ3n) is 4.69. The third-order valence-corrected chi connectivity index (χ3v) is 4.69. The number of fused-ring (bicyclic) bond motifs is 1. The van der Waals surface area contributed by atoms with Gasteiger partial charge in [-0.05, 0) is 28.6 Å². The number of tetrazole rings is 1. The first-order valence-corrected chi connectivity index (χ1v) is 8.83.